The molecular formula is C17H20BrNO. The number of benzene rings is 2. The van der Waals surface area contributed by atoms with Gasteiger partial charge in [0.05, 0.1) is 13.2 Å². The minimum Gasteiger partial charge on any atom is -0.496 e. The van der Waals surface area contributed by atoms with E-state index in [2.05, 4.69) is 54.0 Å². The van der Waals surface area contributed by atoms with Gasteiger partial charge in [0.1, 0.15) is 5.75 Å². The molecule has 0 amide bonds. The zero-order valence-electron chi connectivity index (χ0n) is 12.3. The Hall–Kier alpha value is -1.32. The number of aryl methyl sites for hydroxylation is 3. The average molecular weight is 334 g/mol. The fourth-order valence-electron chi connectivity index (χ4n) is 2.48. The molecule has 0 aliphatic carbocycles. The van der Waals surface area contributed by atoms with Gasteiger partial charge in [-0.25, -0.2) is 0 Å². The summed E-state index contributed by atoms with van der Waals surface area (Å²) in [7, 11) is 1.69. The van der Waals surface area contributed by atoms with E-state index >= 15 is 0 Å². The first kappa shape index (κ1) is 15.1. The van der Waals surface area contributed by atoms with E-state index in [-0.39, 0.29) is 6.04 Å². The van der Waals surface area contributed by atoms with Gasteiger partial charge >= 0.3 is 0 Å². The van der Waals surface area contributed by atoms with E-state index in [0.717, 1.165) is 32.5 Å². The normalized spacial score (nSPS) is 12.3. The van der Waals surface area contributed by atoms with Crippen molar-refractivity contribution in [3.63, 3.8) is 0 Å². The average Bonchev–Trinajstić information content (AvgIpc) is 2.42. The van der Waals surface area contributed by atoms with Crippen LogP contribution < -0.4 is 10.5 Å². The van der Waals surface area contributed by atoms with Gasteiger partial charge in [-0.1, -0.05) is 28.1 Å². The Morgan fingerprint density at radius 2 is 1.60 bits per heavy atom. The van der Waals surface area contributed by atoms with Crippen molar-refractivity contribution in [2.45, 2.75) is 26.8 Å². The van der Waals surface area contributed by atoms with Gasteiger partial charge in [0.25, 0.3) is 0 Å². The number of halogens is 1. The minimum atomic E-state index is -0.128. The highest BCUT2D eigenvalue weighted by molar-refractivity contribution is 9.10. The second kappa shape index (κ2) is 5.98. The van der Waals surface area contributed by atoms with Gasteiger partial charge in [0.15, 0.2) is 0 Å². The number of methoxy groups -OCH3 is 1. The van der Waals surface area contributed by atoms with Crippen LogP contribution in [-0.4, -0.2) is 7.11 Å². The molecule has 0 saturated carbocycles. The topological polar surface area (TPSA) is 35.2 Å². The first-order chi connectivity index (χ1) is 9.43. The Bertz CT molecular complexity index is 637. The third-order valence-electron chi connectivity index (χ3n) is 3.69. The van der Waals surface area contributed by atoms with Gasteiger partial charge in [0, 0.05) is 4.47 Å². The van der Waals surface area contributed by atoms with Crippen molar-refractivity contribution in [2.24, 2.45) is 5.73 Å². The summed E-state index contributed by atoms with van der Waals surface area (Å²) in [5, 5.41) is 0. The van der Waals surface area contributed by atoms with Crippen molar-refractivity contribution in [1.29, 1.82) is 0 Å². The monoisotopic (exact) mass is 333 g/mol. The molecule has 0 heterocycles. The molecule has 2 N–H and O–H groups in total. The Morgan fingerprint density at radius 1 is 0.950 bits per heavy atom. The molecule has 0 bridgehead atoms. The third-order valence-corrected chi connectivity index (χ3v) is 4.19. The van der Waals surface area contributed by atoms with Crippen LogP contribution in [-0.2, 0) is 0 Å². The zero-order chi connectivity index (χ0) is 14.9. The van der Waals surface area contributed by atoms with E-state index in [4.69, 9.17) is 10.5 Å². The van der Waals surface area contributed by atoms with Crippen molar-refractivity contribution in [2.75, 3.05) is 7.11 Å². The Balaban J connectivity index is 2.50. The molecule has 0 aliphatic rings. The van der Waals surface area contributed by atoms with Crippen LogP contribution in [0.2, 0.25) is 0 Å². The molecule has 3 heteroatoms. The van der Waals surface area contributed by atoms with Gasteiger partial charge in [-0.2, -0.15) is 0 Å². The molecule has 1 unspecified atom stereocenters. The molecular weight excluding hydrogens is 314 g/mol. The SMILES string of the molecule is COc1cc(C)c(C(N)c2cc(Br)ccc2C)cc1C. The first-order valence-corrected chi connectivity index (χ1v) is 7.40. The molecule has 0 saturated heterocycles. The molecule has 0 fully saturated rings. The summed E-state index contributed by atoms with van der Waals surface area (Å²) in [6.07, 6.45) is 0. The van der Waals surface area contributed by atoms with Gasteiger partial charge < -0.3 is 10.5 Å². The lowest BCUT2D eigenvalue weighted by Gasteiger charge is -2.19. The van der Waals surface area contributed by atoms with Gasteiger partial charge in [0.2, 0.25) is 0 Å². The van der Waals surface area contributed by atoms with Crippen molar-refractivity contribution in [1.82, 2.24) is 0 Å². The highest BCUT2D eigenvalue weighted by Gasteiger charge is 2.16. The lowest BCUT2D eigenvalue weighted by Crippen LogP contribution is -2.15. The van der Waals surface area contributed by atoms with Crippen LogP contribution in [0.4, 0.5) is 0 Å². The minimum absolute atomic E-state index is 0.128. The number of rotatable bonds is 3. The quantitative estimate of drug-likeness (QED) is 0.901. The van der Waals surface area contributed by atoms with E-state index in [1.807, 2.05) is 13.0 Å². The molecule has 106 valence electrons. The standard InChI is InChI=1S/C17H20BrNO/c1-10-5-6-13(18)9-15(10)17(19)14-7-12(3)16(20-4)8-11(14)2/h5-9,17H,19H2,1-4H3. The molecule has 0 aromatic heterocycles. The predicted molar refractivity (Wildman–Crippen MR) is 87.4 cm³/mol. The number of hydrogen-bond donors (Lipinski definition) is 1. The second-order valence-corrected chi connectivity index (χ2v) is 6.07. The molecule has 1 atom stereocenters. The molecule has 0 aliphatic heterocycles. The van der Waals surface area contributed by atoms with Crippen LogP contribution in [0.15, 0.2) is 34.8 Å². The van der Waals surface area contributed by atoms with Crippen LogP contribution in [0.5, 0.6) is 5.75 Å². The Morgan fingerprint density at radius 3 is 2.25 bits per heavy atom. The van der Waals surface area contributed by atoms with Gasteiger partial charge in [-0.15, -0.1) is 0 Å². The molecule has 20 heavy (non-hydrogen) atoms. The van der Waals surface area contributed by atoms with E-state index in [0.29, 0.717) is 0 Å². The maximum atomic E-state index is 6.49. The van der Waals surface area contributed by atoms with E-state index in [1.165, 1.54) is 5.56 Å². The lowest BCUT2D eigenvalue weighted by molar-refractivity contribution is 0.411. The van der Waals surface area contributed by atoms with Crippen molar-refractivity contribution >= 4 is 15.9 Å². The number of nitrogens with two attached hydrogens (primary N) is 1. The van der Waals surface area contributed by atoms with Crippen LogP contribution in [0.1, 0.15) is 33.9 Å². The maximum Gasteiger partial charge on any atom is 0.122 e. The number of ether oxygens (including phenoxy) is 1. The zero-order valence-corrected chi connectivity index (χ0v) is 13.9. The summed E-state index contributed by atoms with van der Waals surface area (Å²) in [5.74, 6) is 0.907. The fourth-order valence-corrected chi connectivity index (χ4v) is 2.86. The molecule has 0 spiro atoms. The lowest BCUT2D eigenvalue weighted by atomic mass is 9.91. The van der Waals surface area contributed by atoms with Crippen LogP contribution in [0.25, 0.3) is 0 Å². The fraction of sp³-hybridized carbons (Fsp3) is 0.294. The van der Waals surface area contributed by atoms with Crippen molar-refractivity contribution in [3.05, 3.63) is 62.6 Å². The summed E-state index contributed by atoms with van der Waals surface area (Å²) >= 11 is 3.52. The summed E-state index contributed by atoms with van der Waals surface area (Å²) in [6.45, 7) is 6.21. The van der Waals surface area contributed by atoms with Crippen molar-refractivity contribution < 1.29 is 4.74 Å². The van der Waals surface area contributed by atoms with Gasteiger partial charge in [-0.05, 0) is 66.8 Å². The largest absolute Gasteiger partial charge is 0.496 e. The van der Waals surface area contributed by atoms with E-state index in [9.17, 15) is 0 Å². The maximum absolute atomic E-state index is 6.49. The summed E-state index contributed by atoms with van der Waals surface area (Å²) < 4.78 is 6.41. The van der Waals surface area contributed by atoms with Gasteiger partial charge in [-0.3, -0.25) is 0 Å². The molecule has 2 rings (SSSR count). The third kappa shape index (κ3) is 2.89. The Labute approximate surface area is 129 Å². The van der Waals surface area contributed by atoms with Crippen LogP contribution in [0.3, 0.4) is 0 Å². The van der Waals surface area contributed by atoms with E-state index < -0.39 is 0 Å². The Kier molecular flexibility index (Phi) is 4.51. The highest BCUT2D eigenvalue weighted by Crippen LogP contribution is 2.31. The molecule has 0 radical (unpaired) electrons. The van der Waals surface area contributed by atoms with Crippen LogP contribution >= 0.6 is 15.9 Å². The summed E-state index contributed by atoms with van der Waals surface area (Å²) in [5.41, 5.74) is 12.2. The predicted octanol–water partition coefficient (Wildman–Crippen LogP) is 4.43. The smallest absolute Gasteiger partial charge is 0.122 e. The molecule has 2 aromatic rings. The summed E-state index contributed by atoms with van der Waals surface area (Å²) in [6, 6.07) is 10.3. The van der Waals surface area contributed by atoms with Crippen LogP contribution in [0, 0.1) is 20.8 Å². The first-order valence-electron chi connectivity index (χ1n) is 6.60. The number of hydrogen-bond acceptors (Lipinski definition) is 2. The molecule has 2 aromatic carbocycles. The molecule has 2 nitrogen and oxygen atoms in total. The van der Waals surface area contributed by atoms with Crippen molar-refractivity contribution in [3.8, 4) is 5.75 Å². The second-order valence-electron chi connectivity index (χ2n) is 5.16. The van der Waals surface area contributed by atoms with E-state index in [1.54, 1.807) is 7.11 Å². The summed E-state index contributed by atoms with van der Waals surface area (Å²) in [4.78, 5) is 0. The highest BCUT2D eigenvalue weighted by atomic mass is 79.9.